The fourth-order valence-electron chi connectivity index (χ4n) is 3.19. The Hall–Kier alpha value is -1.35. The number of fused-ring (bicyclic) bond motifs is 2. The van der Waals surface area contributed by atoms with E-state index >= 15 is 0 Å². The van der Waals surface area contributed by atoms with Crippen molar-refractivity contribution in [2.45, 2.75) is 23.0 Å². The third kappa shape index (κ3) is 1.25. The van der Waals surface area contributed by atoms with E-state index in [1.165, 1.54) is 0 Å². The van der Waals surface area contributed by atoms with Crippen LogP contribution >= 0.6 is 0 Å². The van der Waals surface area contributed by atoms with E-state index in [1.54, 1.807) is 24.3 Å². The summed E-state index contributed by atoms with van der Waals surface area (Å²) < 4.78 is 24.9. The van der Waals surface area contributed by atoms with Crippen molar-refractivity contribution < 1.29 is 8.42 Å². The predicted octanol–water partition coefficient (Wildman–Crippen LogP) is 2.98. The average Bonchev–Trinajstić information content (AvgIpc) is 2.94. The summed E-state index contributed by atoms with van der Waals surface area (Å²) in [4.78, 5) is 0.398. The minimum Gasteiger partial charge on any atom is -0.223 e. The molecule has 3 heteroatoms. The number of hydrogen-bond donors (Lipinski definition) is 0. The molecule has 1 fully saturated rings. The van der Waals surface area contributed by atoms with E-state index in [0.717, 1.165) is 12.0 Å². The first-order valence-corrected chi connectivity index (χ1v) is 7.63. The highest BCUT2D eigenvalue weighted by Gasteiger charge is 2.56. The summed E-state index contributed by atoms with van der Waals surface area (Å²) in [5.74, 6) is 0.304. The Balaban J connectivity index is 2.16. The van der Waals surface area contributed by atoms with Crippen molar-refractivity contribution in [3.05, 3.63) is 54.6 Å². The summed E-state index contributed by atoms with van der Waals surface area (Å²) in [6.45, 7) is 5.88. The second-order valence-electron chi connectivity index (χ2n) is 5.28. The molecule has 0 aromatic heterocycles. The van der Waals surface area contributed by atoms with Gasteiger partial charge in [0, 0.05) is 5.92 Å². The van der Waals surface area contributed by atoms with Crippen molar-refractivity contribution in [3.8, 4) is 0 Å². The second-order valence-corrected chi connectivity index (χ2v) is 7.61. The topological polar surface area (TPSA) is 34.1 Å². The molecule has 0 radical (unpaired) electrons. The molecule has 0 N–H and O–H groups in total. The number of allylic oxidation sites excluding steroid dienone is 2. The highest BCUT2D eigenvalue weighted by atomic mass is 32.2. The SMILES string of the molecule is C=C1[C@H]2C=C[C@H](C2)[C@]1(C)S(=O)(=O)c1ccccc1. The molecular weight excluding hydrogens is 244 g/mol. The summed E-state index contributed by atoms with van der Waals surface area (Å²) in [6, 6.07) is 8.70. The summed E-state index contributed by atoms with van der Waals surface area (Å²) in [6.07, 6.45) is 5.02. The van der Waals surface area contributed by atoms with Gasteiger partial charge in [-0.05, 0) is 37.0 Å². The number of benzene rings is 1. The summed E-state index contributed by atoms with van der Waals surface area (Å²) in [5, 5.41) is 0. The van der Waals surface area contributed by atoms with Crippen LogP contribution in [0, 0.1) is 11.8 Å². The molecule has 0 aliphatic heterocycles. The monoisotopic (exact) mass is 260 g/mol. The van der Waals surface area contributed by atoms with Gasteiger partial charge < -0.3 is 0 Å². The maximum Gasteiger partial charge on any atom is 0.188 e. The molecular formula is C15H16O2S. The van der Waals surface area contributed by atoms with Gasteiger partial charge in [0.25, 0.3) is 0 Å². The van der Waals surface area contributed by atoms with Crippen LogP contribution in [0.2, 0.25) is 0 Å². The van der Waals surface area contributed by atoms with Crippen molar-refractivity contribution in [1.29, 1.82) is 0 Å². The predicted molar refractivity (Wildman–Crippen MR) is 71.9 cm³/mol. The molecule has 0 amide bonds. The third-order valence-corrected chi connectivity index (χ3v) is 7.06. The van der Waals surface area contributed by atoms with Crippen molar-refractivity contribution in [3.63, 3.8) is 0 Å². The van der Waals surface area contributed by atoms with E-state index in [-0.39, 0.29) is 11.8 Å². The van der Waals surface area contributed by atoms with E-state index < -0.39 is 14.6 Å². The molecule has 0 heterocycles. The van der Waals surface area contributed by atoms with E-state index in [4.69, 9.17) is 0 Å². The van der Waals surface area contributed by atoms with E-state index in [0.29, 0.717) is 4.90 Å². The highest BCUT2D eigenvalue weighted by molar-refractivity contribution is 7.93. The standard InChI is InChI=1S/C15H16O2S/c1-11-12-8-9-13(10-12)15(11,2)18(16,17)14-6-4-3-5-7-14/h3-9,12-13H,1,10H2,2H3/t12-,13+,15+/m0/s1. The first-order chi connectivity index (χ1) is 8.48. The summed E-state index contributed by atoms with van der Waals surface area (Å²) in [7, 11) is -3.37. The minimum absolute atomic E-state index is 0.0696. The summed E-state index contributed by atoms with van der Waals surface area (Å²) in [5.41, 5.74) is 0.846. The van der Waals surface area contributed by atoms with Crippen LogP contribution in [0.3, 0.4) is 0 Å². The molecule has 3 atom stereocenters. The largest absolute Gasteiger partial charge is 0.223 e. The van der Waals surface area contributed by atoms with Crippen molar-refractivity contribution in [2.24, 2.45) is 11.8 Å². The van der Waals surface area contributed by atoms with Crippen LogP contribution in [0.5, 0.6) is 0 Å². The summed E-state index contributed by atoms with van der Waals surface area (Å²) >= 11 is 0. The van der Waals surface area contributed by atoms with Crippen molar-refractivity contribution in [2.75, 3.05) is 0 Å². The van der Waals surface area contributed by atoms with Gasteiger partial charge in [0.2, 0.25) is 0 Å². The minimum atomic E-state index is -3.37. The van der Waals surface area contributed by atoms with Crippen LogP contribution in [0.1, 0.15) is 13.3 Å². The van der Waals surface area contributed by atoms with E-state index in [1.807, 2.05) is 19.1 Å². The van der Waals surface area contributed by atoms with Gasteiger partial charge in [-0.1, -0.05) is 36.9 Å². The Labute approximate surface area is 108 Å². The van der Waals surface area contributed by atoms with Crippen LogP contribution in [0.4, 0.5) is 0 Å². The van der Waals surface area contributed by atoms with Crippen LogP contribution in [0.25, 0.3) is 0 Å². The Bertz CT molecular complexity index is 628. The maximum absolute atomic E-state index is 12.9. The van der Waals surface area contributed by atoms with Gasteiger partial charge >= 0.3 is 0 Å². The molecule has 94 valence electrons. The van der Waals surface area contributed by atoms with Gasteiger partial charge in [-0.15, -0.1) is 0 Å². The molecule has 1 aromatic carbocycles. The fraction of sp³-hybridized carbons (Fsp3) is 0.333. The normalized spacial score (nSPS) is 34.2. The average molecular weight is 260 g/mol. The van der Waals surface area contributed by atoms with Gasteiger partial charge in [0.15, 0.2) is 9.84 Å². The fourth-order valence-corrected chi connectivity index (χ4v) is 5.26. The molecule has 3 rings (SSSR count). The number of hydrogen-bond acceptors (Lipinski definition) is 2. The van der Waals surface area contributed by atoms with Crippen LogP contribution in [-0.2, 0) is 9.84 Å². The van der Waals surface area contributed by atoms with E-state index in [9.17, 15) is 8.42 Å². The third-order valence-electron chi connectivity index (χ3n) is 4.49. The van der Waals surface area contributed by atoms with Gasteiger partial charge in [0.05, 0.1) is 4.90 Å². The molecule has 2 bridgehead atoms. The quantitative estimate of drug-likeness (QED) is 0.766. The Morgan fingerprint density at radius 2 is 1.89 bits per heavy atom. The van der Waals surface area contributed by atoms with Gasteiger partial charge in [-0.3, -0.25) is 0 Å². The van der Waals surface area contributed by atoms with Crippen molar-refractivity contribution in [1.82, 2.24) is 0 Å². The zero-order valence-corrected chi connectivity index (χ0v) is 11.2. The molecule has 18 heavy (non-hydrogen) atoms. The maximum atomic E-state index is 12.9. The number of sulfone groups is 1. The smallest absolute Gasteiger partial charge is 0.188 e. The molecule has 2 aliphatic rings. The lowest BCUT2D eigenvalue weighted by atomic mass is 9.90. The Morgan fingerprint density at radius 3 is 2.44 bits per heavy atom. The lowest BCUT2D eigenvalue weighted by Gasteiger charge is -2.33. The Morgan fingerprint density at radius 1 is 1.22 bits per heavy atom. The molecule has 1 saturated carbocycles. The number of rotatable bonds is 2. The van der Waals surface area contributed by atoms with E-state index in [2.05, 4.69) is 12.7 Å². The Kier molecular flexibility index (Phi) is 2.33. The molecule has 0 saturated heterocycles. The molecule has 2 aliphatic carbocycles. The molecule has 1 aromatic rings. The van der Waals surface area contributed by atoms with Gasteiger partial charge in [-0.2, -0.15) is 0 Å². The molecule has 2 nitrogen and oxygen atoms in total. The van der Waals surface area contributed by atoms with Crippen LogP contribution in [0.15, 0.2) is 59.5 Å². The molecule has 0 spiro atoms. The highest BCUT2D eigenvalue weighted by Crippen LogP contribution is 2.54. The zero-order valence-electron chi connectivity index (χ0n) is 10.3. The van der Waals surface area contributed by atoms with Crippen LogP contribution in [-0.4, -0.2) is 13.2 Å². The lowest BCUT2D eigenvalue weighted by molar-refractivity contribution is 0.517. The first-order valence-electron chi connectivity index (χ1n) is 6.15. The first kappa shape index (κ1) is 11.7. The lowest BCUT2D eigenvalue weighted by Crippen LogP contribution is -2.41. The zero-order chi connectivity index (χ0) is 13.0. The molecule has 0 unspecified atom stereocenters. The van der Waals surface area contributed by atoms with Crippen LogP contribution < -0.4 is 0 Å². The van der Waals surface area contributed by atoms with Gasteiger partial charge in [-0.25, -0.2) is 8.42 Å². The van der Waals surface area contributed by atoms with Gasteiger partial charge in [0.1, 0.15) is 4.75 Å². The second kappa shape index (κ2) is 3.58. The van der Waals surface area contributed by atoms with Crippen molar-refractivity contribution >= 4 is 9.84 Å².